The molecule has 0 saturated heterocycles. The van der Waals surface area contributed by atoms with E-state index in [1.807, 2.05) is 0 Å². The zero-order chi connectivity index (χ0) is 14.1. The molecule has 0 saturated carbocycles. The van der Waals surface area contributed by atoms with Crippen molar-refractivity contribution >= 4 is 43.4 Å². The Morgan fingerprint density at radius 1 is 1.50 bits per heavy atom. The zero-order valence-corrected chi connectivity index (χ0v) is 11.9. The Hall–Kier alpha value is -1.35. The second kappa shape index (κ2) is 5.11. The standard InChI is InChI=1S/C9H10BrFN2O4S/c1-17-9(14)13(18(2,15)16)8-4-7(12)6(11)3-5(8)10/h3-4H,12H2,1-2H3. The molecule has 0 fully saturated rings. The fourth-order valence-corrected chi connectivity index (χ4v) is 2.67. The molecule has 0 heterocycles. The van der Waals surface area contributed by atoms with Gasteiger partial charge in [-0.2, -0.15) is 4.31 Å². The molecule has 0 spiro atoms. The molecule has 6 nitrogen and oxygen atoms in total. The smallest absolute Gasteiger partial charge is 0.428 e. The number of halogens is 2. The van der Waals surface area contributed by atoms with E-state index in [9.17, 15) is 17.6 Å². The first-order chi connectivity index (χ1) is 8.18. The highest BCUT2D eigenvalue weighted by Gasteiger charge is 2.28. The summed E-state index contributed by atoms with van der Waals surface area (Å²) in [5.41, 5.74) is 4.93. The Kier molecular flexibility index (Phi) is 4.17. The van der Waals surface area contributed by atoms with E-state index in [1.54, 1.807) is 0 Å². The van der Waals surface area contributed by atoms with E-state index >= 15 is 0 Å². The molecule has 0 aliphatic heterocycles. The van der Waals surface area contributed by atoms with E-state index < -0.39 is 21.9 Å². The van der Waals surface area contributed by atoms with Gasteiger partial charge in [0.05, 0.1) is 24.7 Å². The number of hydrogen-bond acceptors (Lipinski definition) is 5. The number of benzene rings is 1. The van der Waals surface area contributed by atoms with Gasteiger partial charge in [0, 0.05) is 4.47 Å². The topological polar surface area (TPSA) is 89.7 Å². The average molecular weight is 341 g/mol. The number of rotatable bonds is 2. The number of methoxy groups -OCH3 is 1. The van der Waals surface area contributed by atoms with Crippen LogP contribution in [0.5, 0.6) is 0 Å². The maximum Gasteiger partial charge on any atom is 0.428 e. The number of carbonyl (C=O) groups is 1. The first kappa shape index (κ1) is 14.7. The molecule has 1 amide bonds. The molecule has 0 unspecified atom stereocenters. The van der Waals surface area contributed by atoms with Gasteiger partial charge in [0.15, 0.2) is 0 Å². The molecule has 0 bridgehead atoms. The van der Waals surface area contributed by atoms with Crippen LogP contribution in [0.3, 0.4) is 0 Å². The van der Waals surface area contributed by atoms with Crippen molar-refractivity contribution in [2.24, 2.45) is 0 Å². The molecular formula is C9H10BrFN2O4S. The van der Waals surface area contributed by atoms with Gasteiger partial charge in [-0.1, -0.05) is 0 Å². The normalized spacial score (nSPS) is 11.1. The number of nitrogens with zero attached hydrogens (tertiary/aromatic N) is 1. The summed E-state index contributed by atoms with van der Waals surface area (Å²) in [7, 11) is -2.90. The summed E-state index contributed by atoms with van der Waals surface area (Å²) in [6, 6.07) is 1.99. The van der Waals surface area contributed by atoms with Crippen LogP contribution in [0.2, 0.25) is 0 Å². The van der Waals surface area contributed by atoms with Gasteiger partial charge in [-0.3, -0.25) is 0 Å². The number of carbonyl (C=O) groups excluding carboxylic acids is 1. The van der Waals surface area contributed by atoms with Gasteiger partial charge in [0.2, 0.25) is 10.0 Å². The number of sulfonamides is 1. The second-order valence-electron chi connectivity index (χ2n) is 3.32. The summed E-state index contributed by atoms with van der Waals surface area (Å²) >= 11 is 2.96. The van der Waals surface area contributed by atoms with Crippen LogP contribution < -0.4 is 10.0 Å². The number of hydrogen-bond donors (Lipinski definition) is 1. The summed E-state index contributed by atoms with van der Waals surface area (Å²) in [4.78, 5) is 11.5. The predicted molar refractivity (Wildman–Crippen MR) is 68.2 cm³/mol. The van der Waals surface area contributed by atoms with Gasteiger partial charge in [0.1, 0.15) is 5.82 Å². The van der Waals surface area contributed by atoms with E-state index in [-0.39, 0.29) is 15.8 Å². The second-order valence-corrected chi connectivity index (χ2v) is 6.01. The van der Waals surface area contributed by atoms with Crippen LogP contribution in [-0.2, 0) is 14.8 Å². The molecule has 1 aromatic carbocycles. The quantitative estimate of drug-likeness (QED) is 0.827. The zero-order valence-electron chi connectivity index (χ0n) is 9.48. The lowest BCUT2D eigenvalue weighted by molar-refractivity contribution is 0.183. The lowest BCUT2D eigenvalue weighted by Gasteiger charge is -2.20. The van der Waals surface area contributed by atoms with Crippen LogP contribution in [-0.4, -0.2) is 27.9 Å². The average Bonchev–Trinajstić information content (AvgIpc) is 2.23. The minimum absolute atomic E-state index is 0.0602. The van der Waals surface area contributed by atoms with Crippen LogP contribution in [0.25, 0.3) is 0 Å². The third kappa shape index (κ3) is 2.91. The molecule has 0 aliphatic rings. The molecule has 0 atom stereocenters. The van der Waals surface area contributed by atoms with Crippen molar-refractivity contribution < 1.29 is 22.3 Å². The molecule has 9 heteroatoms. The Bertz CT molecular complexity index is 590. The van der Waals surface area contributed by atoms with Gasteiger partial charge in [-0.15, -0.1) is 0 Å². The Labute approximate surface area is 112 Å². The summed E-state index contributed by atoms with van der Waals surface area (Å²) in [5.74, 6) is -0.732. The molecule has 100 valence electrons. The van der Waals surface area contributed by atoms with Crippen LogP contribution >= 0.6 is 15.9 Å². The number of anilines is 2. The van der Waals surface area contributed by atoms with Gasteiger partial charge < -0.3 is 10.5 Å². The van der Waals surface area contributed by atoms with Crippen molar-refractivity contribution in [2.45, 2.75) is 0 Å². The predicted octanol–water partition coefficient (Wildman–Crippen LogP) is 1.70. The van der Waals surface area contributed by atoms with Crippen molar-refractivity contribution in [3.8, 4) is 0 Å². The SMILES string of the molecule is COC(=O)N(c1cc(N)c(F)cc1Br)S(C)(=O)=O. The van der Waals surface area contributed by atoms with Crippen molar-refractivity contribution in [1.29, 1.82) is 0 Å². The molecule has 1 aromatic rings. The number of nitrogens with two attached hydrogens (primary N) is 1. The Morgan fingerprint density at radius 3 is 2.50 bits per heavy atom. The largest absolute Gasteiger partial charge is 0.452 e. The van der Waals surface area contributed by atoms with E-state index in [4.69, 9.17) is 5.73 Å². The molecule has 18 heavy (non-hydrogen) atoms. The minimum atomic E-state index is -3.93. The molecule has 1 rings (SSSR count). The third-order valence-corrected chi connectivity index (χ3v) is 3.60. The third-order valence-electron chi connectivity index (χ3n) is 1.96. The van der Waals surface area contributed by atoms with Crippen LogP contribution in [0.1, 0.15) is 0 Å². The maximum atomic E-state index is 13.2. The van der Waals surface area contributed by atoms with Crippen LogP contribution in [0.15, 0.2) is 16.6 Å². The fourth-order valence-electron chi connectivity index (χ4n) is 1.20. The van der Waals surface area contributed by atoms with Crippen LogP contribution in [0, 0.1) is 5.82 Å². The highest BCUT2D eigenvalue weighted by Crippen LogP contribution is 2.32. The van der Waals surface area contributed by atoms with Crippen molar-refractivity contribution in [3.05, 3.63) is 22.4 Å². The highest BCUT2D eigenvalue weighted by atomic mass is 79.9. The van der Waals surface area contributed by atoms with E-state index in [2.05, 4.69) is 20.7 Å². The highest BCUT2D eigenvalue weighted by molar-refractivity contribution is 9.10. The van der Waals surface area contributed by atoms with Gasteiger partial charge >= 0.3 is 6.09 Å². The van der Waals surface area contributed by atoms with Gasteiger partial charge in [-0.25, -0.2) is 17.6 Å². The monoisotopic (exact) mass is 340 g/mol. The lowest BCUT2D eigenvalue weighted by Crippen LogP contribution is -2.36. The molecule has 2 N–H and O–H groups in total. The van der Waals surface area contributed by atoms with Gasteiger partial charge in [0.25, 0.3) is 0 Å². The summed E-state index contributed by atoms with van der Waals surface area (Å²) in [5, 5.41) is 0. The minimum Gasteiger partial charge on any atom is -0.452 e. The van der Waals surface area contributed by atoms with Crippen molar-refractivity contribution in [1.82, 2.24) is 0 Å². The van der Waals surface area contributed by atoms with Gasteiger partial charge in [-0.05, 0) is 28.1 Å². The lowest BCUT2D eigenvalue weighted by atomic mass is 10.2. The number of nitrogen functional groups attached to an aromatic ring is 1. The van der Waals surface area contributed by atoms with Crippen molar-refractivity contribution in [3.63, 3.8) is 0 Å². The fraction of sp³-hybridized carbons (Fsp3) is 0.222. The first-order valence-corrected chi connectivity index (χ1v) is 7.15. The maximum absolute atomic E-state index is 13.2. The number of amides is 1. The summed E-state index contributed by atoms with van der Waals surface area (Å²) in [6.45, 7) is 0. The summed E-state index contributed by atoms with van der Waals surface area (Å²) in [6.07, 6.45) is -0.306. The molecular weight excluding hydrogens is 331 g/mol. The van der Waals surface area contributed by atoms with E-state index in [1.165, 1.54) is 0 Å². The van der Waals surface area contributed by atoms with Crippen molar-refractivity contribution in [2.75, 3.05) is 23.4 Å². The molecule has 0 radical (unpaired) electrons. The number of ether oxygens (including phenoxy) is 1. The first-order valence-electron chi connectivity index (χ1n) is 4.51. The van der Waals surface area contributed by atoms with E-state index in [0.717, 1.165) is 25.5 Å². The molecule has 0 aliphatic carbocycles. The Morgan fingerprint density at radius 2 is 2.06 bits per heavy atom. The Balaban J connectivity index is 3.49. The van der Waals surface area contributed by atoms with Crippen LogP contribution in [0.4, 0.5) is 20.6 Å². The molecule has 0 aromatic heterocycles. The van der Waals surface area contributed by atoms with E-state index in [0.29, 0.717) is 4.31 Å². The summed E-state index contributed by atoms with van der Waals surface area (Å²) < 4.78 is 41.1.